The number of hydrazine groups is 1. The van der Waals surface area contributed by atoms with Gasteiger partial charge in [-0.1, -0.05) is 42.5 Å². The molecule has 1 aliphatic heterocycles. The number of carbonyl (C=O) groups excluding carboxylic acids is 1. The fourth-order valence-corrected chi connectivity index (χ4v) is 4.78. The topological polar surface area (TPSA) is 56.3 Å². The summed E-state index contributed by atoms with van der Waals surface area (Å²) in [6.07, 6.45) is 4.73. The highest BCUT2D eigenvalue weighted by atomic mass is 16.5. The van der Waals surface area contributed by atoms with E-state index in [9.17, 15) is 9.90 Å². The van der Waals surface area contributed by atoms with Gasteiger partial charge in [0, 0.05) is 26.2 Å². The van der Waals surface area contributed by atoms with E-state index in [1.54, 1.807) is 7.11 Å². The molecule has 0 unspecified atom stereocenters. The van der Waals surface area contributed by atoms with E-state index in [0.717, 1.165) is 30.0 Å². The number of ether oxygens (including phenoxy) is 1. The SMILES string of the molecule is COc1ccc(C[C@H]2[C@@H](O)CN(Cc3ccccc3)N(CC3CC3)C(=O)N2CC2CC2)cc1. The Hall–Kier alpha value is -2.57. The molecular weight excluding hydrogens is 414 g/mol. The summed E-state index contributed by atoms with van der Waals surface area (Å²) in [4.78, 5) is 16.0. The van der Waals surface area contributed by atoms with Crippen LogP contribution in [-0.2, 0) is 13.0 Å². The van der Waals surface area contributed by atoms with Crippen molar-refractivity contribution < 1.29 is 14.6 Å². The fourth-order valence-electron chi connectivity index (χ4n) is 4.78. The van der Waals surface area contributed by atoms with Crippen molar-refractivity contribution in [1.82, 2.24) is 14.9 Å². The zero-order valence-corrected chi connectivity index (χ0v) is 19.5. The number of aliphatic hydroxyl groups excluding tert-OH is 1. The maximum absolute atomic E-state index is 14.0. The molecule has 2 aromatic rings. The zero-order valence-electron chi connectivity index (χ0n) is 19.5. The molecule has 6 heteroatoms. The fraction of sp³-hybridized carbons (Fsp3) is 0.519. The maximum atomic E-state index is 14.0. The molecule has 2 saturated carbocycles. The first-order valence-electron chi connectivity index (χ1n) is 12.3. The van der Waals surface area contributed by atoms with Gasteiger partial charge in [-0.15, -0.1) is 0 Å². The Morgan fingerprint density at radius 3 is 2.21 bits per heavy atom. The summed E-state index contributed by atoms with van der Waals surface area (Å²) < 4.78 is 5.30. The lowest BCUT2D eigenvalue weighted by atomic mass is 9.99. The van der Waals surface area contributed by atoms with Crippen LogP contribution >= 0.6 is 0 Å². The number of aliphatic hydroxyl groups is 1. The van der Waals surface area contributed by atoms with E-state index >= 15 is 0 Å². The summed E-state index contributed by atoms with van der Waals surface area (Å²) in [6.45, 7) is 2.56. The summed E-state index contributed by atoms with van der Waals surface area (Å²) in [5.74, 6) is 1.95. The lowest BCUT2D eigenvalue weighted by Gasteiger charge is -2.36. The second-order valence-electron chi connectivity index (χ2n) is 9.92. The first-order chi connectivity index (χ1) is 16.1. The predicted octanol–water partition coefficient (Wildman–Crippen LogP) is 3.94. The molecule has 1 N–H and O–H groups in total. The molecule has 2 atom stereocenters. The van der Waals surface area contributed by atoms with Crippen LogP contribution in [0.4, 0.5) is 4.79 Å². The van der Waals surface area contributed by atoms with Crippen molar-refractivity contribution in [3.63, 3.8) is 0 Å². The summed E-state index contributed by atoms with van der Waals surface area (Å²) in [6, 6.07) is 18.1. The Morgan fingerprint density at radius 1 is 0.909 bits per heavy atom. The Morgan fingerprint density at radius 2 is 1.58 bits per heavy atom. The van der Waals surface area contributed by atoms with Crippen molar-refractivity contribution in [2.24, 2.45) is 11.8 Å². The molecule has 2 aromatic carbocycles. The molecule has 2 amide bonds. The highest BCUT2D eigenvalue weighted by Gasteiger charge is 2.43. The molecule has 6 nitrogen and oxygen atoms in total. The molecule has 0 radical (unpaired) electrons. The van der Waals surface area contributed by atoms with Gasteiger partial charge in [-0.05, 0) is 67.2 Å². The number of amides is 2. The molecular formula is C27H35N3O3. The number of nitrogens with zero attached hydrogens (tertiary/aromatic N) is 3. The lowest BCUT2D eigenvalue weighted by molar-refractivity contribution is -0.0184. The summed E-state index contributed by atoms with van der Waals surface area (Å²) in [5.41, 5.74) is 2.26. The second kappa shape index (κ2) is 9.74. The van der Waals surface area contributed by atoms with E-state index < -0.39 is 6.10 Å². The van der Waals surface area contributed by atoms with Crippen LogP contribution in [0.15, 0.2) is 54.6 Å². The van der Waals surface area contributed by atoms with Crippen molar-refractivity contribution in [2.75, 3.05) is 26.7 Å². The predicted molar refractivity (Wildman–Crippen MR) is 128 cm³/mol. The van der Waals surface area contributed by atoms with Crippen molar-refractivity contribution in [2.45, 2.75) is 50.8 Å². The molecule has 5 rings (SSSR count). The maximum Gasteiger partial charge on any atom is 0.334 e. The zero-order chi connectivity index (χ0) is 22.8. The van der Waals surface area contributed by atoms with E-state index in [0.29, 0.717) is 31.3 Å². The first kappa shape index (κ1) is 22.2. The Labute approximate surface area is 196 Å². The average Bonchev–Trinajstić information content (AvgIpc) is 3.75. The van der Waals surface area contributed by atoms with E-state index in [-0.39, 0.29) is 12.1 Å². The van der Waals surface area contributed by atoms with Crippen LogP contribution in [0.1, 0.15) is 36.8 Å². The second-order valence-corrected chi connectivity index (χ2v) is 9.92. The summed E-state index contributed by atoms with van der Waals surface area (Å²) in [7, 11) is 1.66. The molecule has 0 bridgehead atoms. The molecule has 0 aromatic heterocycles. The van der Waals surface area contributed by atoms with Crippen molar-refractivity contribution >= 4 is 6.03 Å². The van der Waals surface area contributed by atoms with Gasteiger partial charge in [-0.25, -0.2) is 9.80 Å². The number of hydrogen-bond donors (Lipinski definition) is 1. The minimum absolute atomic E-state index is 0.0554. The summed E-state index contributed by atoms with van der Waals surface area (Å²) >= 11 is 0. The van der Waals surface area contributed by atoms with Gasteiger partial charge in [-0.3, -0.25) is 5.01 Å². The van der Waals surface area contributed by atoms with Gasteiger partial charge in [0.2, 0.25) is 0 Å². The van der Waals surface area contributed by atoms with E-state index in [2.05, 4.69) is 17.1 Å². The third-order valence-corrected chi connectivity index (χ3v) is 7.14. The molecule has 1 heterocycles. The molecule has 1 saturated heterocycles. The normalized spacial score (nSPS) is 24.1. The van der Waals surface area contributed by atoms with Crippen molar-refractivity contribution in [3.8, 4) is 5.75 Å². The molecule has 3 aliphatic rings. The van der Waals surface area contributed by atoms with Gasteiger partial charge in [-0.2, -0.15) is 0 Å². The Balaban J connectivity index is 1.43. The molecule has 0 spiro atoms. The Bertz CT molecular complexity index is 927. The number of hydrogen-bond acceptors (Lipinski definition) is 4. The molecule has 176 valence electrons. The van der Waals surface area contributed by atoms with Crippen molar-refractivity contribution in [3.05, 3.63) is 65.7 Å². The summed E-state index contributed by atoms with van der Waals surface area (Å²) in [5, 5.41) is 15.5. The van der Waals surface area contributed by atoms with Crippen LogP contribution in [-0.4, -0.2) is 64.9 Å². The number of β-amino-alcohol motifs (C(OH)–C–C–N with tert-alkyl or cyclic N) is 1. The van der Waals surface area contributed by atoms with Gasteiger partial charge in [0.25, 0.3) is 0 Å². The Kier molecular flexibility index (Phi) is 6.56. The van der Waals surface area contributed by atoms with Gasteiger partial charge in [0.15, 0.2) is 0 Å². The smallest absolute Gasteiger partial charge is 0.334 e. The van der Waals surface area contributed by atoms with E-state index in [4.69, 9.17) is 4.74 Å². The minimum Gasteiger partial charge on any atom is -0.497 e. The van der Waals surface area contributed by atoms with Crippen LogP contribution in [0.5, 0.6) is 5.75 Å². The highest BCUT2D eigenvalue weighted by molar-refractivity contribution is 5.75. The third kappa shape index (κ3) is 5.50. The minimum atomic E-state index is -0.622. The van der Waals surface area contributed by atoms with Crippen LogP contribution in [0, 0.1) is 11.8 Å². The largest absolute Gasteiger partial charge is 0.497 e. The quantitative estimate of drug-likeness (QED) is 0.630. The number of methoxy groups -OCH3 is 1. The number of urea groups is 1. The third-order valence-electron chi connectivity index (χ3n) is 7.14. The van der Waals surface area contributed by atoms with Gasteiger partial charge >= 0.3 is 6.03 Å². The number of benzene rings is 2. The van der Waals surface area contributed by atoms with E-state index in [1.165, 1.54) is 25.7 Å². The van der Waals surface area contributed by atoms with Gasteiger partial charge < -0.3 is 14.7 Å². The number of rotatable bonds is 9. The van der Waals surface area contributed by atoms with Crippen LogP contribution < -0.4 is 4.74 Å². The first-order valence-corrected chi connectivity index (χ1v) is 12.3. The van der Waals surface area contributed by atoms with Crippen LogP contribution in [0.2, 0.25) is 0 Å². The van der Waals surface area contributed by atoms with Crippen LogP contribution in [0.3, 0.4) is 0 Å². The van der Waals surface area contributed by atoms with Gasteiger partial charge in [0.05, 0.1) is 19.3 Å². The standard InChI is InChI=1S/C27H35N3O3/c1-33-24-13-11-20(12-14-24)15-25-26(31)19-28(16-21-5-3-2-4-6-21)30(18-23-9-10-23)27(32)29(25)17-22-7-8-22/h2-6,11-14,22-23,25-26,31H,7-10,15-19H2,1H3/t25-,26-/m0/s1. The molecule has 33 heavy (non-hydrogen) atoms. The molecule has 2 aliphatic carbocycles. The van der Waals surface area contributed by atoms with Crippen molar-refractivity contribution in [1.29, 1.82) is 0 Å². The van der Waals surface area contributed by atoms with E-state index in [1.807, 2.05) is 52.4 Å². The lowest BCUT2D eigenvalue weighted by Crippen LogP contribution is -2.52. The molecule has 3 fully saturated rings. The van der Waals surface area contributed by atoms with Gasteiger partial charge in [0.1, 0.15) is 5.75 Å². The average molecular weight is 450 g/mol. The monoisotopic (exact) mass is 449 g/mol. The van der Waals surface area contributed by atoms with Crippen LogP contribution in [0.25, 0.3) is 0 Å². The highest BCUT2D eigenvalue weighted by Crippen LogP contribution is 2.35. The number of carbonyl (C=O) groups is 1.